The van der Waals surface area contributed by atoms with Crippen LogP contribution < -0.4 is 30.3 Å². The summed E-state index contributed by atoms with van der Waals surface area (Å²) >= 11 is 2.94. The molecule has 0 spiro atoms. The Kier molecular flexibility index (Phi) is 19.9. The molecule has 0 saturated heterocycles. The summed E-state index contributed by atoms with van der Waals surface area (Å²) in [7, 11) is 0.311. The van der Waals surface area contributed by atoms with Gasteiger partial charge in [0.25, 0.3) is 0 Å². The second kappa shape index (κ2) is 22.7. The van der Waals surface area contributed by atoms with E-state index < -0.39 is 44.1 Å². The number of hydrogen-bond acceptors (Lipinski definition) is 10. The first kappa shape index (κ1) is 49.2. The number of benzene rings is 4. The molecule has 0 aromatic heterocycles. The summed E-state index contributed by atoms with van der Waals surface area (Å²) in [5, 5.41) is 21.0. The predicted molar refractivity (Wildman–Crippen MR) is 214 cm³/mol. The molecule has 15 nitrogen and oxygen atoms in total. The number of rotatable bonds is 13. The molecule has 7 N–H and O–H groups in total. The van der Waals surface area contributed by atoms with E-state index >= 15 is 0 Å². The smallest absolute Gasteiger partial charge is 0.478 e. The molecular formula is C35H44BrF3N6O9S2. The van der Waals surface area contributed by atoms with E-state index in [4.69, 9.17) is 20.7 Å². The van der Waals surface area contributed by atoms with Crippen molar-refractivity contribution in [1.82, 2.24) is 14.8 Å². The third-order valence-electron chi connectivity index (χ3n) is 7.03. The minimum absolute atomic E-state index is 0.0235. The highest BCUT2D eigenvalue weighted by Gasteiger charge is 2.38. The fourth-order valence-corrected chi connectivity index (χ4v) is 7.22. The number of amides is 1. The Labute approximate surface area is 331 Å². The SMILES string of the molecule is CBr.CN(C)c1cccc2c(S(=O)(=O)NCCN)cccc12.CN(C)c1cccc2c(S(=O)(=O)NCCNC(=O)/C=C\C(=O)O)cccc12.O=C(O)C(F)(F)F. The minimum Gasteiger partial charge on any atom is -0.478 e. The van der Waals surface area contributed by atoms with Gasteiger partial charge in [0.15, 0.2) is 0 Å². The van der Waals surface area contributed by atoms with E-state index in [-0.39, 0.29) is 36.0 Å². The molecule has 0 fully saturated rings. The number of carboxylic acid groups (broad SMARTS) is 2. The van der Waals surface area contributed by atoms with Crippen LogP contribution in [0.2, 0.25) is 0 Å². The van der Waals surface area contributed by atoms with Crippen LogP contribution in [0.15, 0.2) is 94.7 Å². The van der Waals surface area contributed by atoms with Crippen molar-refractivity contribution in [1.29, 1.82) is 0 Å². The Bertz CT molecular complexity index is 2200. The molecule has 4 aromatic rings. The quantitative estimate of drug-likeness (QED) is 0.0642. The molecule has 0 heterocycles. The van der Waals surface area contributed by atoms with Crippen molar-refractivity contribution in [3.63, 3.8) is 0 Å². The van der Waals surface area contributed by atoms with Gasteiger partial charge in [-0.25, -0.2) is 35.9 Å². The molecule has 0 aliphatic carbocycles. The van der Waals surface area contributed by atoms with Crippen molar-refractivity contribution < 1.29 is 54.6 Å². The normalized spacial score (nSPS) is 11.3. The van der Waals surface area contributed by atoms with Gasteiger partial charge in [-0.3, -0.25) is 4.79 Å². The first-order chi connectivity index (χ1) is 26.1. The lowest BCUT2D eigenvalue weighted by Crippen LogP contribution is -2.34. The molecule has 308 valence electrons. The average molecular weight is 894 g/mol. The second-order valence-corrected chi connectivity index (χ2v) is 14.9. The lowest BCUT2D eigenvalue weighted by atomic mass is 10.1. The van der Waals surface area contributed by atoms with E-state index in [9.17, 15) is 39.6 Å². The Morgan fingerprint density at radius 1 is 0.679 bits per heavy atom. The standard InChI is InChI=1S/C18H21N3O5S.C14H19N3O2S.C2HF3O2.CH3Br/c1-21(2)15-7-3-6-14-13(15)5-4-8-16(14)27(25,26)20-12-11-19-17(22)9-10-18(23)24;1-17(2)13-7-3-6-12-11(13)5-4-8-14(12)20(18,19)16-10-9-15;3-2(4,5)1(6)7;1-2/h3-10,20H,11-12H2,1-2H3,(H,19,22)(H,23,24);3-8,16H,9-10,15H2,1-2H3;(H,6,7);1H3/b10-9-;;;. The Balaban J connectivity index is 0.000000473. The Morgan fingerprint density at radius 3 is 1.41 bits per heavy atom. The van der Waals surface area contributed by atoms with Gasteiger partial charge in [0.05, 0.1) is 9.79 Å². The van der Waals surface area contributed by atoms with Crippen LogP contribution in [0.3, 0.4) is 0 Å². The van der Waals surface area contributed by atoms with Crippen LogP contribution in [0.1, 0.15) is 0 Å². The molecule has 4 rings (SSSR count). The van der Waals surface area contributed by atoms with Crippen molar-refractivity contribution in [2.45, 2.75) is 16.0 Å². The number of halogens is 4. The van der Waals surface area contributed by atoms with Crippen LogP contribution in [0.4, 0.5) is 24.5 Å². The van der Waals surface area contributed by atoms with Gasteiger partial charge in [0, 0.05) is 99.4 Å². The molecule has 21 heteroatoms. The van der Waals surface area contributed by atoms with E-state index in [1.54, 1.807) is 30.3 Å². The monoisotopic (exact) mass is 892 g/mol. The average Bonchev–Trinajstić information content (AvgIpc) is 3.14. The van der Waals surface area contributed by atoms with Gasteiger partial charge in [-0.1, -0.05) is 64.5 Å². The van der Waals surface area contributed by atoms with E-state index in [0.29, 0.717) is 16.8 Å². The van der Waals surface area contributed by atoms with E-state index in [1.165, 1.54) is 6.07 Å². The Morgan fingerprint density at radius 2 is 1.05 bits per heavy atom. The largest absolute Gasteiger partial charge is 0.490 e. The second-order valence-electron chi connectivity index (χ2n) is 11.4. The van der Waals surface area contributed by atoms with Gasteiger partial charge in [-0.15, -0.1) is 0 Å². The van der Waals surface area contributed by atoms with Crippen LogP contribution in [0, 0.1) is 0 Å². The molecular weight excluding hydrogens is 849 g/mol. The van der Waals surface area contributed by atoms with Crippen LogP contribution in [0.25, 0.3) is 21.5 Å². The fourth-order valence-electron chi connectivity index (χ4n) is 4.70. The topological polar surface area (TPSA) is 229 Å². The fraction of sp³-hybridized carbons (Fsp3) is 0.286. The third-order valence-corrected chi connectivity index (χ3v) is 10.1. The van der Waals surface area contributed by atoms with Crippen molar-refractivity contribution >= 4 is 86.7 Å². The lowest BCUT2D eigenvalue weighted by Gasteiger charge is -2.17. The number of carboxylic acids is 2. The maximum absolute atomic E-state index is 12.7. The molecule has 0 unspecified atom stereocenters. The maximum Gasteiger partial charge on any atom is 0.490 e. The number of aliphatic carboxylic acids is 2. The molecule has 1 amide bonds. The molecule has 4 aromatic carbocycles. The van der Waals surface area contributed by atoms with Crippen molar-refractivity contribution in [2.75, 3.05) is 70.0 Å². The number of carbonyl (C=O) groups is 3. The minimum atomic E-state index is -5.08. The molecule has 0 radical (unpaired) electrons. The maximum atomic E-state index is 12.7. The van der Waals surface area contributed by atoms with E-state index in [2.05, 4.69) is 30.7 Å². The summed E-state index contributed by atoms with van der Waals surface area (Å²) in [5.74, 6) is -2.80. The number of nitrogens with one attached hydrogen (secondary N) is 3. The van der Waals surface area contributed by atoms with Gasteiger partial charge in [-0.05, 0) is 30.1 Å². The van der Waals surface area contributed by atoms with Crippen molar-refractivity contribution in [2.24, 2.45) is 5.73 Å². The highest BCUT2D eigenvalue weighted by Crippen LogP contribution is 2.31. The van der Waals surface area contributed by atoms with E-state index in [1.807, 2.05) is 80.2 Å². The highest BCUT2D eigenvalue weighted by molar-refractivity contribution is 9.08. The summed E-state index contributed by atoms with van der Waals surface area (Å²) in [6.45, 7) is 0.494. The summed E-state index contributed by atoms with van der Waals surface area (Å²) in [4.78, 5) is 34.9. The van der Waals surface area contributed by atoms with Crippen molar-refractivity contribution in [3.8, 4) is 0 Å². The first-order valence-electron chi connectivity index (χ1n) is 16.1. The number of nitrogens with zero attached hydrogens (tertiary/aromatic N) is 2. The van der Waals surface area contributed by atoms with Crippen LogP contribution in [-0.4, -0.2) is 111 Å². The van der Waals surface area contributed by atoms with Gasteiger partial charge in [0.1, 0.15) is 0 Å². The van der Waals surface area contributed by atoms with Gasteiger partial charge in [-0.2, -0.15) is 13.2 Å². The number of anilines is 2. The number of alkyl halides is 4. The number of hydrogen-bond donors (Lipinski definition) is 6. The Hall–Kier alpha value is -4.80. The zero-order valence-corrected chi connectivity index (χ0v) is 34.2. The number of nitrogens with two attached hydrogens (primary N) is 1. The molecule has 0 aliphatic heterocycles. The number of fused-ring (bicyclic) bond motifs is 2. The molecule has 0 aliphatic rings. The zero-order chi connectivity index (χ0) is 42.9. The van der Waals surface area contributed by atoms with Crippen LogP contribution >= 0.6 is 15.9 Å². The molecule has 56 heavy (non-hydrogen) atoms. The number of sulfonamides is 2. The summed E-state index contributed by atoms with van der Waals surface area (Å²) in [6.07, 6.45) is -3.51. The first-order valence-corrected chi connectivity index (χ1v) is 20.6. The van der Waals surface area contributed by atoms with Gasteiger partial charge >= 0.3 is 18.1 Å². The van der Waals surface area contributed by atoms with Crippen LogP contribution in [-0.2, 0) is 34.4 Å². The van der Waals surface area contributed by atoms with Gasteiger partial charge in [0.2, 0.25) is 26.0 Å². The van der Waals surface area contributed by atoms with Gasteiger partial charge < -0.3 is 31.1 Å². The lowest BCUT2D eigenvalue weighted by molar-refractivity contribution is -0.192. The van der Waals surface area contributed by atoms with E-state index in [0.717, 1.165) is 28.2 Å². The predicted octanol–water partition coefficient (Wildman–Crippen LogP) is 3.73. The number of carbonyl (C=O) groups excluding carboxylic acids is 1. The molecule has 0 saturated carbocycles. The summed E-state index contributed by atoms with van der Waals surface area (Å²) in [6, 6.07) is 21.5. The summed E-state index contributed by atoms with van der Waals surface area (Å²) in [5.41, 5.74) is 7.25. The molecule has 0 bridgehead atoms. The summed E-state index contributed by atoms with van der Waals surface area (Å²) < 4.78 is 86.6. The highest BCUT2D eigenvalue weighted by atomic mass is 79.9. The third kappa shape index (κ3) is 15.0. The van der Waals surface area contributed by atoms with Crippen LogP contribution in [0.5, 0.6) is 0 Å². The molecule has 0 atom stereocenters. The zero-order valence-electron chi connectivity index (χ0n) is 31.0. The van der Waals surface area contributed by atoms with Crippen molar-refractivity contribution in [3.05, 3.63) is 84.9 Å².